The second-order valence-electron chi connectivity index (χ2n) is 5.96. The SMILES string of the molecule is Cc1noc(C(C)N2CCN(c3ncnc4[nH]c(Cl)cc34)CC2)n1. The average Bonchev–Trinajstić information content (AvgIpc) is 3.18. The minimum absolute atomic E-state index is 0.112. The first kappa shape index (κ1) is 15.3. The van der Waals surface area contributed by atoms with Gasteiger partial charge in [0.1, 0.15) is 22.9 Å². The number of H-pyrrole nitrogens is 1. The van der Waals surface area contributed by atoms with Crippen molar-refractivity contribution in [2.24, 2.45) is 0 Å². The molecular weight excluding hydrogens is 330 g/mol. The van der Waals surface area contributed by atoms with Gasteiger partial charge in [-0.1, -0.05) is 16.8 Å². The van der Waals surface area contributed by atoms with Crippen LogP contribution < -0.4 is 4.90 Å². The summed E-state index contributed by atoms with van der Waals surface area (Å²) in [5, 5.41) is 5.41. The standard InChI is InChI=1S/C15H18ClN7O/c1-9(15-19-10(2)21-24-15)22-3-5-23(6-4-22)14-11-7-12(16)20-13(11)17-8-18-14/h7-9H,3-6H2,1-2H3,(H,17,18,20). The van der Waals surface area contributed by atoms with Crippen LogP contribution in [0.2, 0.25) is 5.15 Å². The van der Waals surface area contributed by atoms with Crippen molar-refractivity contribution in [1.29, 1.82) is 0 Å². The maximum atomic E-state index is 6.06. The number of anilines is 1. The molecule has 0 aliphatic carbocycles. The van der Waals surface area contributed by atoms with Crippen LogP contribution in [0, 0.1) is 6.92 Å². The highest BCUT2D eigenvalue weighted by Gasteiger charge is 2.26. The molecule has 0 spiro atoms. The fourth-order valence-corrected chi connectivity index (χ4v) is 3.31. The van der Waals surface area contributed by atoms with E-state index in [1.807, 2.05) is 13.0 Å². The number of piperazine rings is 1. The van der Waals surface area contributed by atoms with Crippen LogP contribution >= 0.6 is 11.6 Å². The van der Waals surface area contributed by atoms with Gasteiger partial charge in [-0.25, -0.2) is 9.97 Å². The molecule has 3 aromatic heterocycles. The van der Waals surface area contributed by atoms with E-state index in [2.05, 4.69) is 41.8 Å². The smallest absolute Gasteiger partial charge is 0.243 e. The fraction of sp³-hybridized carbons (Fsp3) is 0.467. The van der Waals surface area contributed by atoms with E-state index in [0.29, 0.717) is 16.9 Å². The summed E-state index contributed by atoms with van der Waals surface area (Å²) < 4.78 is 5.30. The van der Waals surface area contributed by atoms with Crippen molar-refractivity contribution in [3.05, 3.63) is 29.3 Å². The third-order valence-corrected chi connectivity index (χ3v) is 4.64. The van der Waals surface area contributed by atoms with E-state index >= 15 is 0 Å². The van der Waals surface area contributed by atoms with Crippen LogP contribution in [0.25, 0.3) is 11.0 Å². The number of aryl methyl sites for hydroxylation is 1. The van der Waals surface area contributed by atoms with E-state index in [1.54, 1.807) is 6.33 Å². The number of rotatable bonds is 3. The molecule has 24 heavy (non-hydrogen) atoms. The van der Waals surface area contributed by atoms with Crippen LogP contribution in [0.4, 0.5) is 5.82 Å². The molecule has 8 nitrogen and oxygen atoms in total. The molecule has 0 bridgehead atoms. The van der Waals surface area contributed by atoms with E-state index < -0.39 is 0 Å². The van der Waals surface area contributed by atoms with Crippen LogP contribution in [-0.2, 0) is 0 Å². The predicted octanol–water partition coefficient (Wildman–Crippen LogP) is 2.19. The number of hydrogen-bond donors (Lipinski definition) is 1. The summed E-state index contributed by atoms with van der Waals surface area (Å²) in [5.74, 6) is 2.26. The molecule has 1 aliphatic heterocycles. The Bertz CT molecular complexity index is 853. The van der Waals surface area contributed by atoms with Gasteiger partial charge < -0.3 is 14.4 Å². The largest absolute Gasteiger partial charge is 0.353 e. The third kappa shape index (κ3) is 2.71. The van der Waals surface area contributed by atoms with Crippen molar-refractivity contribution in [3.63, 3.8) is 0 Å². The highest BCUT2D eigenvalue weighted by atomic mass is 35.5. The Kier molecular flexibility index (Phi) is 3.85. The Morgan fingerprint density at radius 1 is 1.25 bits per heavy atom. The quantitative estimate of drug-likeness (QED) is 0.777. The Labute approximate surface area is 143 Å². The lowest BCUT2D eigenvalue weighted by atomic mass is 10.2. The van der Waals surface area contributed by atoms with Gasteiger partial charge in [-0.2, -0.15) is 4.98 Å². The molecule has 1 aliphatic rings. The topological polar surface area (TPSA) is 87.0 Å². The third-order valence-electron chi connectivity index (χ3n) is 4.43. The number of halogens is 1. The summed E-state index contributed by atoms with van der Waals surface area (Å²) in [6.45, 7) is 7.45. The Balaban J connectivity index is 1.49. The fourth-order valence-electron chi connectivity index (χ4n) is 3.11. The summed E-state index contributed by atoms with van der Waals surface area (Å²) >= 11 is 6.06. The van der Waals surface area contributed by atoms with Gasteiger partial charge in [0.15, 0.2) is 5.82 Å². The number of nitrogens with zero attached hydrogens (tertiary/aromatic N) is 6. The Morgan fingerprint density at radius 3 is 2.75 bits per heavy atom. The molecule has 0 aromatic carbocycles. The average molecular weight is 348 g/mol. The molecule has 4 heterocycles. The minimum Gasteiger partial charge on any atom is -0.353 e. The molecule has 1 unspecified atom stereocenters. The lowest BCUT2D eigenvalue weighted by Gasteiger charge is -2.37. The van der Waals surface area contributed by atoms with Crippen molar-refractivity contribution in [3.8, 4) is 0 Å². The number of aromatic nitrogens is 5. The van der Waals surface area contributed by atoms with Gasteiger partial charge >= 0.3 is 0 Å². The molecule has 9 heteroatoms. The van der Waals surface area contributed by atoms with Gasteiger partial charge in [-0.15, -0.1) is 0 Å². The second-order valence-corrected chi connectivity index (χ2v) is 6.36. The molecule has 0 amide bonds. The summed E-state index contributed by atoms with van der Waals surface area (Å²) in [5.41, 5.74) is 0.766. The van der Waals surface area contributed by atoms with Crippen LogP contribution in [-0.4, -0.2) is 56.2 Å². The monoisotopic (exact) mass is 347 g/mol. The van der Waals surface area contributed by atoms with E-state index in [4.69, 9.17) is 16.1 Å². The van der Waals surface area contributed by atoms with Crippen molar-refractivity contribution < 1.29 is 4.52 Å². The van der Waals surface area contributed by atoms with Crippen LogP contribution in [0.1, 0.15) is 24.7 Å². The molecular formula is C15H18ClN7O. The van der Waals surface area contributed by atoms with Gasteiger partial charge in [0.05, 0.1) is 11.4 Å². The summed E-state index contributed by atoms with van der Waals surface area (Å²) in [6.07, 6.45) is 1.57. The predicted molar refractivity (Wildman–Crippen MR) is 90.1 cm³/mol. The van der Waals surface area contributed by atoms with E-state index in [-0.39, 0.29) is 6.04 Å². The molecule has 4 rings (SSSR count). The normalized spacial score (nSPS) is 17.5. The maximum absolute atomic E-state index is 6.06. The molecule has 126 valence electrons. The molecule has 1 atom stereocenters. The molecule has 1 N–H and O–H groups in total. The van der Waals surface area contributed by atoms with Crippen molar-refractivity contribution in [2.45, 2.75) is 19.9 Å². The Hall–Kier alpha value is -2.19. The summed E-state index contributed by atoms with van der Waals surface area (Å²) in [6, 6.07) is 1.99. The van der Waals surface area contributed by atoms with E-state index in [0.717, 1.165) is 43.0 Å². The summed E-state index contributed by atoms with van der Waals surface area (Å²) in [4.78, 5) is 20.7. The maximum Gasteiger partial charge on any atom is 0.243 e. The second kappa shape index (κ2) is 6.03. The van der Waals surface area contributed by atoms with Gasteiger partial charge in [-0.05, 0) is 19.9 Å². The van der Waals surface area contributed by atoms with Crippen LogP contribution in [0.3, 0.4) is 0 Å². The van der Waals surface area contributed by atoms with Gasteiger partial charge in [-0.3, -0.25) is 4.90 Å². The number of nitrogens with one attached hydrogen (secondary N) is 1. The number of hydrogen-bond acceptors (Lipinski definition) is 7. The number of fused-ring (bicyclic) bond motifs is 1. The van der Waals surface area contributed by atoms with Gasteiger partial charge in [0, 0.05) is 26.2 Å². The van der Waals surface area contributed by atoms with Crippen LogP contribution in [0.5, 0.6) is 0 Å². The van der Waals surface area contributed by atoms with Gasteiger partial charge in [0.2, 0.25) is 5.89 Å². The molecule has 0 saturated carbocycles. The molecule has 0 radical (unpaired) electrons. The molecule has 1 saturated heterocycles. The highest BCUT2D eigenvalue weighted by Crippen LogP contribution is 2.28. The van der Waals surface area contributed by atoms with E-state index in [1.165, 1.54) is 0 Å². The first-order chi connectivity index (χ1) is 11.6. The van der Waals surface area contributed by atoms with E-state index in [9.17, 15) is 0 Å². The van der Waals surface area contributed by atoms with Crippen molar-refractivity contribution in [1.82, 2.24) is 30.0 Å². The van der Waals surface area contributed by atoms with Gasteiger partial charge in [0.25, 0.3) is 0 Å². The Morgan fingerprint density at radius 2 is 2.04 bits per heavy atom. The lowest BCUT2D eigenvalue weighted by Crippen LogP contribution is -2.47. The number of aromatic amines is 1. The zero-order chi connectivity index (χ0) is 16.7. The lowest BCUT2D eigenvalue weighted by molar-refractivity contribution is 0.164. The zero-order valence-corrected chi connectivity index (χ0v) is 14.3. The minimum atomic E-state index is 0.112. The van der Waals surface area contributed by atoms with Crippen LogP contribution in [0.15, 0.2) is 16.9 Å². The first-order valence-electron chi connectivity index (χ1n) is 7.90. The van der Waals surface area contributed by atoms with Crippen molar-refractivity contribution in [2.75, 3.05) is 31.1 Å². The molecule has 3 aromatic rings. The highest BCUT2D eigenvalue weighted by molar-refractivity contribution is 6.30. The molecule has 1 fully saturated rings. The summed E-state index contributed by atoms with van der Waals surface area (Å²) in [7, 11) is 0. The first-order valence-corrected chi connectivity index (χ1v) is 8.28. The van der Waals surface area contributed by atoms with Crippen molar-refractivity contribution >= 4 is 28.5 Å². The zero-order valence-electron chi connectivity index (χ0n) is 13.5.